The van der Waals surface area contributed by atoms with E-state index in [0.29, 0.717) is 11.5 Å². The smallest absolute Gasteiger partial charge is 0.251 e. The SMILES string of the molecule is O=C(C[C@H]1C=C[C@H](NC(=O)c2ccncc2)[C@H](CO)O1)NCC1CCCCC1. The molecule has 0 aromatic carbocycles. The molecule has 1 saturated carbocycles. The fourth-order valence-electron chi connectivity index (χ4n) is 3.78. The van der Waals surface area contributed by atoms with E-state index in [9.17, 15) is 14.7 Å². The number of nitrogens with zero attached hydrogens (tertiary/aromatic N) is 1. The number of amides is 2. The molecule has 1 aliphatic heterocycles. The number of carbonyl (C=O) groups is 2. The predicted octanol–water partition coefficient (Wildman–Crippen LogP) is 1.58. The second-order valence-electron chi connectivity index (χ2n) is 7.53. The summed E-state index contributed by atoms with van der Waals surface area (Å²) < 4.78 is 5.82. The number of aromatic nitrogens is 1. The van der Waals surface area contributed by atoms with E-state index in [0.717, 1.165) is 6.54 Å². The van der Waals surface area contributed by atoms with Crippen LogP contribution in [-0.2, 0) is 9.53 Å². The third kappa shape index (κ3) is 5.87. The minimum absolute atomic E-state index is 0.0452. The highest BCUT2D eigenvalue weighted by Gasteiger charge is 2.29. The lowest BCUT2D eigenvalue weighted by molar-refractivity contribution is -0.125. The maximum absolute atomic E-state index is 12.3. The van der Waals surface area contributed by atoms with Crippen molar-refractivity contribution in [1.29, 1.82) is 0 Å². The van der Waals surface area contributed by atoms with Crippen LogP contribution < -0.4 is 10.6 Å². The number of hydrogen-bond acceptors (Lipinski definition) is 5. The van der Waals surface area contributed by atoms with Crippen molar-refractivity contribution in [2.24, 2.45) is 5.92 Å². The Bertz CT molecular complexity index is 673. The first-order chi connectivity index (χ1) is 13.7. The van der Waals surface area contributed by atoms with E-state index in [1.54, 1.807) is 36.7 Å². The van der Waals surface area contributed by atoms with Crippen molar-refractivity contribution in [3.05, 3.63) is 42.2 Å². The first-order valence-electron chi connectivity index (χ1n) is 10.1. The van der Waals surface area contributed by atoms with Gasteiger partial charge in [0, 0.05) is 24.5 Å². The molecule has 1 aromatic rings. The van der Waals surface area contributed by atoms with Crippen LogP contribution in [-0.4, -0.2) is 53.3 Å². The Kier molecular flexibility index (Phi) is 7.56. The molecule has 0 bridgehead atoms. The average molecular weight is 387 g/mol. The Hall–Kier alpha value is -2.25. The van der Waals surface area contributed by atoms with Gasteiger partial charge in [-0.2, -0.15) is 0 Å². The number of aliphatic hydroxyl groups is 1. The standard InChI is InChI=1S/C21H29N3O4/c25-14-19-18(24-21(27)16-8-10-22-11-9-16)7-6-17(28-19)12-20(26)23-13-15-4-2-1-3-5-15/h6-11,15,17-19,25H,1-5,12-14H2,(H,23,26)(H,24,27)/t17-,18+,19+/m1/s1. The summed E-state index contributed by atoms with van der Waals surface area (Å²) >= 11 is 0. The van der Waals surface area contributed by atoms with Gasteiger partial charge in [0.25, 0.3) is 5.91 Å². The third-order valence-corrected chi connectivity index (χ3v) is 5.40. The van der Waals surface area contributed by atoms with Crippen molar-refractivity contribution >= 4 is 11.8 Å². The fraction of sp³-hybridized carbons (Fsp3) is 0.571. The van der Waals surface area contributed by atoms with Gasteiger partial charge in [-0.3, -0.25) is 14.6 Å². The van der Waals surface area contributed by atoms with Crippen molar-refractivity contribution < 1.29 is 19.4 Å². The summed E-state index contributed by atoms with van der Waals surface area (Å²) in [4.78, 5) is 28.4. The monoisotopic (exact) mass is 387 g/mol. The summed E-state index contributed by atoms with van der Waals surface area (Å²) in [6.45, 7) is 0.481. The molecule has 3 rings (SSSR count). The number of carbonyl (C=O) groups excluding carboxylic acids is 2. The first-order valence-corrected chi connectivity index (χ1v) is 10.1. The molecule has 1 fully saturated rings. The van der Waals surface area contributed by atoms with Gasteiger partial charge in [-0.05, 0) is 30.9 Å². The molecule has 2 aliphatic rings. The van der Waals surface area contributed by atoms with Crippen molar-refractivity contribution in [3.63, 3.8) is 0 Å². The molecule has 0 saturated heterocycles. The highest BCUT2D eigenvalue weighted by atomic mass is 16.5. The van der Waals surface area contributed by atoms with Gasteiger partial charge < -0.3 is 20.5 Å². The molecule has 0 radical (unpaired) electrons. The van der Waals surface area contributed by atoms with E-state index in [2.05, 4.69) is 15.6 Å². The molecule has 0 unspecified atom stereocenters. The summed E-state index contributed by atoms with van der Waals surface area (Å²) in [6, 6.07) is 2.79. The Morgan fingerprint density at radius 2 is 1.89 bits per heavy atom. The second-order valence-corrected chi connectivity index (χ2v) is 7.53. The van der Waals surface area contributed by atoms with E-state index in [-0.39, 0.29) is 24.8 Å². The normalized spacial score (nSPS) is 25.2. The van der Waals surface area contributed by atoms with Crippen LogP contribution in [0.3, 0.4) is 0 Å². The van der Waals surface area contributed by atoms with Crippen molar-refractivity contribution in [2.45, 2.75) is 56.8 Å². The zero-order valence-electron chi connectivity index (χ0n) is 16.0. The summed E-state index contributed by atoms with van der Waals surface area (Å²) in [5.41, 5.74) is 0.490. The van der Waals surface area contributed by atoms with Crippen LogP contribution in [0.25, 0.3) is 0 Å². The summed E-state index contributed by atoms with van der Waals surface area (Å²) in [7, 11) is 0. The number of hydrogen-bond donors (Lipinski definition) is 3. The molecule has 7 nitrogen and oxygen atoms in total. The fourth-order valence-corrected chi connectivity index (χ4v) is 3.78. The van der Waals surface area contributed by atoms with Gasteiger partial charge in [0.05, 0.1) is 25.2 Å². The molecule has 1 aromatic heterocycles. The minimum atomic E-state index is -0.591. The van der Waals surface area contributed by atoms with Crippen molar-refractivity contribution in [3.8, 4) is 0 Å². The van der Waals surface area contributed by atoms with Gasteiger partial charge in [0.2, 0.25) is 5.91 Å². The molecule has 3 atom stereocenters. The Labute approximate surface area is 165 Å². The van der Waals surface area contributed by atoms with E-state index < -0.39 is 18.2 Å². The molecule has 2 amide bonds. The van der Waals surface area contributed by atoms with E-state index in [1.165, 1.54) is 32.1 Å². The third-order valence-electron chi connectivity index (χ3n) is 5.40. The number of ether oxygens (including phenoxy) is 1. The largest absolute Gasteiger partial charge is 0.394 e. The predicted molar refractivity (Wildman–Crippen MR) is 105 cm³/mol. The van der Waals surface area contributed by atoms with Gasteiger partial charge in [-0.25, -0.2) is 0 Å². The second kappa shape index (κ2) is 10.3. The Morgan fingerprint density at radius 1 is 1.14 bits per heavy atom. The Morgan fingerprint density at radius 3 is 2.61 bits per heavy atom. The van der Waals surface area contributed by atoms with Gasteiger partial charge >= 0.3 is 0 Å². The zero-order valence-corrected chi connectivity index (χ0v) is 16.0. The zero-order chi connectivity index (χ0) is 19.8. The number of aliphatic hydroxyl groups excluding tert-OH is 1. The van der Waals surface area contributed by atoms with Crippen LogP contribution in [0.5, 0.6) is 0 Å². The average Bonchev–Trinajstić information content (AvgIpc) is 2.74. The van der Waals surface area contributed by atoms with Crippen LogP contribution >= 0.6 is 0 Å². The highest BCUT2D eigenvalue weighted by Crippen LogP contribution is 2.23. The van der Waals surface area contributed by atoms with Gasteiger partial charge in [0.1, 0.15) is 6.10 Å². The highest BCUT2D eigenvalue weighted by molar-refractivity contribution is 5.94. The molecule has 3 N–H and O–H groups in total. The lowest BCUT2D eigenvalue weighted by atomic mass is 9.89. The summed E-state index contributed by atoms with van der Waals surface area (Å²) in [6.07, 6.45) is 12.1. The molecular formula is C21H29N3O4. The topological polar surface area (TPSA) is 101 Å². The van der Waals surface area contributed by atoms with Crippen LogP contribution in [0, 0.1) is 5.92 Å². The maximum Gasteiger partial charge on any atom is 0.251 e. The molecular weight excluding hydrogens is 358 g/mol. The van der Waals surface area contributed by atoms with E-state index >= 15 is 0 Å². The molecule has 2 heterocycles. The van der Waals surface area contributed by atoms with Crippen LogP contribution in [0.4, 0.5) is 0 Å². The lowest BCUT2D eigenvalue weighted by Gasteiger charge is -2.31. The molecule has 1 aliphatic carbocycles. The van der Waals surface area contributed by atoms with Gasteiger partial charge in [-0.15, -0.1) is 0 Å². The number of rotatable bonds is 7. The van der Waals surface area contributed by atoms with E-state index in [1.807, 2.05) is 0 Å². The maximum atomic E-state index is 12.3. The quantitative estimate of drug-likeness (QED) is 0.617. The van der Waals surface area contributed by atoms with Crippen LogP contribution in [0.2, 0.25) is 0 Å². The Balaban J connectivity index is 1.48. The number of pyridine rings is 1. The van der Waals surface area contributed by atoms with Crippen LogP contribution in [0.1, 0.15) is 48.9 Å². The molecule has 7 heteroatoms. The molecule has 0 spiro atoms. The number of nitrogens with one attached hydrogen (secondary N) is 2. The van der Waals surface area contributed by atoms with E-state index in [4.69, 9.17) is 4.74 Å². The van der Waals surface area contributed by atoms with Crippen LogP contribution in [0.15, 0.2) is 36.7 Å². The summed E-state index contributed by atoms with van der Waals surface area (Å²) in [5.74, 6) is 0.275. The first kappa shape index (κ1) is 20.5. The van der Waals surface area contributed by atoms with Crippen molar-refractivity contribution in [2.75, 3.05) is 13.2 Å². The van der Waals surface area contributed by atoms with Crippen molar-refractivity contribution in [1.82, 2.24) is 15.6 Å². The minimum Gasteiger partial charge on any atom is -0.394 e. The molecule has 152 valence electrons. The lowest BCUT2D eigenvalue weighted by Crippen LogP contribution is -2.49. The molecule has 28 heavy (non-hydrogen) atoms. The van der Waals surface area contributed by atoms with Gasteiger partial charge in [0.15, 0.2) is 0 Å². The van der Waals surface area contributed by atoms with Gasteiger partial charge in [-0.1, -0.05) is 31.4 Å². The summed E-state index contributed by atoms with van der Waals surface area (Å²) in [5, 5.41) is 15.5.